The Morgan fingerprint density at radius 1 is 1.23 bits per heavy atom. The number of ether oxygens (including phenoxy) is 1. The van der Waals surface area contributed by atoms with Gasteiger partial charge >= 0.3 is 0 Å². The third-order valence-corrected chi connectivity index (χ3v) is 3.92. The van der Waals surface area contributed by atoms with Crippen LogP contribution >= 0.6 is 0 Å². The van der Waals surface area contributed by atoms with Crippen LogP contribution in [0.2, 0.25) is 0 Å². The molecule has 0 bridgehead atoms. The Balaban J connectivity index is 2.26. The number of pyridine rings is 2. The second kappa shape index (κ2) is 8.49. The average Bonchev–Trinajstić information content (AvgIpc) is 2.59. The first-order valence-corrected chi connectivity index (χ1v) is 8.43. The SMILES string of the molecule is Cc1cc(-c2cc(C(F)F)c(OCC(N)(CF)CC(C)C)cn2)ccn1. The molecule has 0 saturated heterocycles. The summed E-state index contributed by atoms with van der Waals surface area (Å²) in [5.74, 6) is 0.0749. The summed E-state index contributed by atoms with van der Waals surface area (Å²) in [5, 5.41) is 0. The van der Waals surface area contributed by atoms with E-state index in [1.165, 1.54) is 12.3 Å². The molecule has 0 aromatic carbocycles. The van der Waals surface area contributed by atoms with E-state index in [-0.39, 0.29) is 23.8 Å². The van der Waals surface area contributed by atoms with Crippen molar-refractivity contribution in [2.45, 2.75) is 39.2 Å². The van der Waals surface area contributed by atoms with Crippen molar-refractivity contribution < 1.29 is 17.9 Å². The van der Waals surface area contributed by atoms with Crippen LogP contribution in [0, 0.1) is 12.8 Å². The van der Waals surface area contributed by atoms with Crippen LogP contribution in [0.5, 0.6) is 5.75 Å². The first kappa shape index (κ1) is 20.2. The highest BCUT2D eigenvalue weighted by Crippen LogP contribution is 2.32. The molecule has 1 unspecified atom stereocenters. The molecule has 7 heteroatoms. The number of aryl methyl sites for hydroxylation is 1. The van der Waals surface area contributed by atoms with Gasteiger partial charge in [0.05, 0.1) is 23.0 Å². The lowest BCUT2D eigenvalue weighted by molar-refractivity contribution is 0.131. The number of hydrogen-bond acceptors (Lipinski definition) is 4. The minimum Gasteiger partial charge on any atom is -0.489 e. The van der Waals surface area contributed by atoms with Gasteiger partial charge < -0.3 is 10.5 Å². The van der Waals surface area contributed by atoms with Crippen LogP contribution in [0.25, 0.3) is 11.3 Å². The lowest BCUT2D eigenvalue weighted by Crippen LogP contribution is -2.49. The largest absolute Gasteiger partial charge is 0.489 e. The van der Waals surface area contributed by atoms with Gasteiger partial charge in [-0.15, -0.1) is 0 Å². The quantitative estimate of drug-likeness (QED) is 0.747. The van der Waals surface area contributed by atoms with Gasteiger partial charge in [0.25, 0.3) is 6.43 Å². The van der Waals surface area contributed by atoms with Crippen molar-refractivity contribution in [1.82, 2.24) is 9.97 Å². The molecule has 2 N–H and O–H groups in total. The van der Waals surface area contributed by atoms with Crippen molar-refractivity contribution in [2.24, 2.45) is 11.7 Å². The maximum Gasteiger partial charge on any atom is 0.267 e. The van der Waals surface area contributed by atoms with E-state index in [4.69, 9.17) is 10.5 Å². The zero-order valence-corrected chi connectivity index (χ0v) is 15.2. The Bertz CT molecular complexity index is 740. The molecule has 2 aromatic rings. The molecule has 0 aliphatic rings. The summed E-state index contributed by atoms with van der Waals surface area (Å²) in [4.78, 5) is 8.28. The molecule has 0 aliphatic carbocycles. The minimum absolute atomic E-state index is 0.0819. The third kappa shape index (κ3) is 5.17. The first-order valence-electron chi connectivity index (χ1n) is 8.43. The maximum atomic E-state index is 13.5. The van der Waals surface area contributed by atoms with Crippen LogP contribution in [0.15, 0.2) is 30.6 Å². The van der Waals surface area contributed by atoms with Gasteiger partial charge in [0.1, 0.15) is 19.0 Å². The number of aromatic nitrogens is 2. The smallest absolute Gasteiger partial charge is 0.267 e. The number of nitrogens with zero attached hydrogens (tertiary/aromatic N) is 2. The van der Waals surface area contributed by atoms with Gasteiger partial charge in [-0.1, -0.05) is 13.8 Å². The van der Waals surface area contributed by atoms with Crippen LogP contribution in [0.1, 0.15) is 38.0 Å². The Hall–Kier alpha value is -2.15. The topological polar surface area (TPSA) is 61.0 Å². The van der Waals surface area contributed by atoms with Crippen LogP contribution in [0.4, 0.5) is 13.2 Å². The molecule has 0 radical (unpaired) electrons. The molecule has 2 heterocycles. The molecule has 4 nitrogen and oxygen atoms in total. The molecule has 0 aliphatic heterocycles. The lowest BCUT2D eigenvalue weighted by atomic mass is 9.92. The molecule has 0 fully saturated rings. The Labute approximate surface area is 151 Å². The lowest BCUT2D eigenvalue weighted by Gasteiger charge is -2.28. The van der Waals surface area contributed by atoms with Gasteiger partial charge in [-0.3, -0.25) is 9.97 Å². The van der Waals surface area contributed by atoms with E-state index >= 15 is 0 Å². The van der Waals surface area contributed by atoms with Gasteiger partial charge in [0, 0.05) is 17.5 Å². The monoisotopic (exact) mass is 367 g/mol. The highest BCUT2D eigenvalue weighted by atomic mass is 19.3. The van der Waals surface area contributed by atoms with Crippen molar-refractivity contribution >= 4 is 0 Å². The normalized spacial score (nSPS) is 13.9. The van der Waals surface area contributed by atoms with E-state index in [1.807, 2.05) is 20.8 Å². The number of alkyl halides is 3. The van der Waals surface area contributed by atoms with Gasteiger partial charge in [-0.05, 0) is 37.5 Å². The fraction of sp³-hybridized carbons (Fsp3) is 0.474. The minimum atomic E-state index is -2.75. The van der Waals surface area contributed by atoms with Gasteiger partial charge in [-0.2, -0.15) is 0 Å². The molecule has 1 atom stereocenters. The molecule has 26 heavy (non-hydrogen) atoms. The summed E-state index contributed by atoms with van der Waals surface area (Å²) >= 11 is 0. The summed E-state index contributed by atoms with van der Waals surface area (Å²) < 4.78 is 45.7. The van der Waals surface area contributed by atoms with Gasteiger partial charge in [0.15, 0.2) is 0 Å². The van der Waals surface area contributed by atoms with Crippen LogP contribution in [-0.4, -0.2) is 28.8 Å². The first-order chi connectivity index (χ1) is 12.2. The van der Waals surface area contributed by atoms with Crippen LogP contribution < -0.4 is 10.5 Å². The standard InChI is InChI=1S/C19H24F3N3O/c1-12(2)8-19(23,10-20)11-26-17-9-25-16(7-15(17)18(21)22)14-4-5-24-13(3)6-14/h4-7,9,12,18H,8,10-11,23H2,1-3H3. The number of hydrogen-bond donors (Lipinski definition) is 1. The predicted octanol–water partition coefficient (Wildman–Crippen LogP) is 4.48. The molecule has 2 rings (SSSR count). The van der Waals surface area contributed by atoms with E-state index in [2.05, 4.69) is 9.97 Å². The van der Waals surface area contributed by atoms with Gasteiger partial charge in [0.2, 0.25) is 0 Å². The molecule has 0 spiro atoms. The summed E-state index contributed by atoms with van der Waals surface area (Å²) in [6, 6.07) is 4.74. The van der Waals surface area contributed by atoms with Crippen LogP contribution in [0.3, 0.4) is 0 Å². The fourth-order valence-corrected chi connectivity index (χ4v) is 2.80. The molecule has 142 valence electrons. The number of rotatable bonds is 8. The van der Waals surface area contributed by atoms with Gasteiger partial charge in [-0.25, -0.2) is 13.2 Å². The predicted molar refractivity (Wildman–Crippen MR) is 95.0 cm³/mol. The molecule has 0 saturated carbocycles. The molecular formula is C19H24F3N3O. The van der Waals surface area contributed by atoms with E-state index < -0.39 is 18.6 Å². The Kier molecular flexibility index (Phi) is 6.58. The third-order valence-electron chi connectivity index (χ3n) is 3.92. The van der Waals surface area contributed by atoms with E-state index in [0.29, 0.717) is 17.7 Å². The zero-order chi connectivity index (χ0) is 19.3. The van der Waals surface area contributed by atoms with E-state index in [9.17, 15) is 13.2 Å². The van der Waals surface area contributed by atoms with Crippen molar-refractivity contribution in [3.05, 3.63) is 41.9 Å². The zero-order valence-electron chi connectivity index (χ0n) is 15.2. The summed E-state index contributed by atoms with van der Waals surface area (Å²) in [7, 11) is 0. The van der Waals surface area contributed by atoms with E-state index in [0.717, 1.165) is 5.69 Å². The van der Waals surface area contributed by atoms with E-state index in [1.54, 1.807) is 18.3 Å². The van der Waals surface area contributed by atoms with Crippen LogP contribution in [-0.2, 0) is 0 Å². The average molecular weight is 367 g/mol. The van der Waals surface area contributed by atoms with Crippen molar-refractivity contribution in [1.29, 1.82) is 0 Å². The van der Waals surface area contributed by atoms with Crippen molar-refractivity contribution in [2.75, 3.05) is 13.3 Å². The summed E-state index contributed by atoms with van der Waals surface area (Å²) in [5.41, 5.74) is 6.32. The number of nitrogens with two attached hydrogens (primary N) is 1. The Morgan fingerprint density at radius 3 is 2.54 bits per heavy atom. The van der Waals surface area contributed by atoms with Crippen molar-refractivity contribution in [3.8, 4) is 17.0 Å². The maximum absolute atomic E-state index is 13.5. The molecule has 2 aromatic heterocycles. The molecular weight excluding hydrogens is 343 g/mol. The second-order valence-electron chi connectivity index (χ2n) is 6.98. The summed E-state index contributed by atoms with van der Waals surface area (Å²) in [6.45, 7) is 4.64. The highest BCUT2D eigenvalue weighted by molar-refractivity contribution is 5.61. The van der Waals surface area contributed by atoms with Crippen molar-refractivity contribution in [3.63, 3.8) is 0 Å². The second-order valence-corrected chi connectivity index (χ2v) is 6.98. The fourth-order valence-electron chi connectivity index (χ4n) is 2.80. The number of halogens is 3. The summed E-state index contributed by atoms with van der Waals surface area (Å²) in [6.07, 6.45) is 0.461. The Morgan fingerprint density at radius 2 is 1.96 bits per heavy atom. The highest BCUT2D eigenvalue weighted by Gasteiger charge is 2.28. The molecule has 0 amide bonds.